The van der Waals surface area contributed by atoms with Gasteiger partial charge in [0.2, 0.25) is 0 Å². The van der Waals surface area contributed by atoms with Gasteiger partial charge in [-0.3, -0.25) is 0 Å². The first-order valence-corrected chi connectivity index (χ1v) is 12.2. The summed E-state index contributed by atoms with van der Waals surface area (Å²) in [5.74, 6) is -1.17. The van der Waals surface area contributed by atoms with E-state index < -0.39 is 35.7 Å². The van der Waals surface area contributed by atoms with Crippen LogP contribution in [0.15, 0.2) is 42.9 Å². The van der Waals surface area contributed by atoms with Crippen molar-refractivity contribution >= 4 is 17.2 Å². The average Bonchev–Trinajstić information content (AvgIpc) is 3.35. The van der Waals surface area contributed by atoms with Gasteiger partial charge in [0.05, 0.1) is 23.1 Å². The minimum Gasteiger partial charge on any atom is -0.435 e. The van der Waals surface area contributed by atoms with Gasteiger partial charge in [0, 0.05) is 65.1 Å². The lowest BCUT2D eigenvalue weighted by molar-refractivity contribution is -0.180. The molecule has 0 amide bonds. The second-order valence-electron chi connectivity index (χ2n) is 10.2. The highest BCUT2D eigenvalue weighted by atomic mass is 35.5. The van der Waals surface area contributed by atoms with E-state index in [9.17, 15) is 24.1 Å². The van der Waals surface area contributed by atoms with Crippen molar-refractivity contribution in [2.24, 2.45) is 0 Å². The third kappa shape index (κ3) is 4.10. The van der Waals surface area contributed by atoms with E-state index in [1.807, 2.05) is 0 Å². The van der Waals surface area contributed by atoms with Crippen molar-refractivity contribution in [1.29, 1.82) is 0 Å². The standard InChI is InChI=1S/C26H22ClF3N4O4/c1-25(36)10-26(37,11-25)23-31-7-12(8-32-23)16-9-34-20(6-17(16)28)33-21-18(35)5-15(22(21)34)14-4-13(27)2-3-19(14)38-24(29)30/h2-4,6-9,15,18,24,35-37H,5,10-11H2,1H3. The van der Waals surface area contributed by atoms with E-state index in [2.05, 4.69) is 15.0 Å². The summed E-state index contributed by atoms with van der Waals surface area (Å²) in [6.07, 6.45) is 3.56. The summed E-state index contributed by atoms with van der Waals surface area (Å²) >= 11 is 6.17. The molecule has 2 aliphatic rings. The van der Waals surface area contributed by atoms with E-state index >= 15 is 4.39 Å². The normalized spacial score (nSPS) is 26.6. The van der Waals surface area contributed by atoms with Gasteiger partial charge >= 0.3 is 6.61 Å². The van der Waals surface area contributed by atoms with Gasteiger partial charge in [0.15, 0.2) is 5.82 Å². The molecule has 8 nitrogen and oxygen atoms in total. The molecule has 2 atom stereocenters. The molecule has 0 aliphatic heterocycles. The van der Waals surface area contributed by atoms with Gasteiger partial charge in [-0.15, -0.1) is 0 Å². The Bertz CT molecular complexity index is 1550. The Kier molecular flexibility index (Phi) is 5.69. The maximum absolute atomic E-state index is 15.2. The van der Waals surface area contributed by atoms with Crippen LogP contribution in [0.5, 0.6) is 5.75 Å². The summed E-state index contributed by atoms with van der Waals surface area (Å²) < 4.78 is 47.7. The number of ether oxygens (including phenoxy) is 1. The first-order valence-electron chi connectivity index (χ1n) is 11.9. The third-order valence-corrected chi connectivity index (χ3v) is 7.40. The Morgan fingerprint density at radius 1 is 1.16 bits per heavy atom. The Hall–Kier alpha value is -3.25. The Morgan fingerprint density at radius 3 is 2.53 bits per heavy atom. The minimum atomic E-state index is -3.06. The molecule has 198 valence electrons. The molecule has 12 heteroatoms. The lowest BCUT2D eigenvalue weighted by atomic mass is 9.68. The zero-order valence-electron chi connectivity index (χ0n) is 19.9. The molecule has 3 aromatic heterocycles. The van der Waals surface area contributed by atoms with Crippen LogP contribution >= 0.6 is 11.6 Å². The number of fused-ring (bicyclic) bond motifs is 3. The van der Waals surface area contributed by atoms with Gasteiger partial charge < -0.3 is 24.5 Å². The van der Waals surface area contributed by atoms with Gasteiger partial charge in [-0.1, -0.05) is 11.6 Å². The molecule has 0 spiro atoms. The number of aliphatic hydroxyl groups is 3. The second-order valence-corrected chi connectivity index (χ2v) is 10.6. The maximum Gasteiger partial charge on any atom is 0.387 e. The SMILES string of the molecule is CC1(O)CC(O)(c2ncc(-c3cn4c5c(nc4cc3F)C(O)CC5c3cc(Cl)ccc3OC(F)F)cn2)C1. The number of halogens is 4. The molecule has 2 unspecified atom stereocenters. The molecule has 4 aromatic rings. The molecular formula is C26H22ClF3N4O4. The van der Waals surface area contributed by atoms with Crippen LogP contribution in [0.2, 0.25) is 5.02 Å². The predicted octanol–water partition coefficient (Wildman–Crippen LogP) is 4.49. The van der Waals surface area contributed by atoms with Crippen molar-refractivity contribution in [3.8, 4) is 16.9 Å². The van der Waals surface area contributed by atoms with E-state index in [0.29, 0.717) is 27.5 Å². The summed E-state index contributed by atoms with van der Waals surface area (Å²) in [4.78, 5) is 12.8. The van der Waals surface area contributed by atoms with Crippen LogP contribution in [-0.4, -0.2) is 46.9 Å². The molecular weight excluding hydrogens is 525 g/mol. The van der Waals surface area contributed by atoms with Gasteiger partial charge in [-0.25, -0.2) is 19.3 Å². The van der Waals surface area contributed by atoms with Crippen LogP contribution in [0.4, 0.5) is 13.2 Å². The first-order chi connectivity index (χ1) is 17.9. The van der Waals surface area contributed by atoms with E-state index in [0.717, 1.165) is 0 Å². The van der Waals surface area contributed by atoms with E-state index in [-0.39, 0.29) is 42.0 Å². The molecule has 1 fully saturated rings. The quantitative estimate of drug-likeness (QED) is 0.338. The third-order valence-electron chi connectivity index (χ3n) is 7.17. The number of benzene rings is 1. The number of aliphatic hydroxyl groups excluding tert-OH is 1. The molecule has 0 saturated heterocycles. The van der Waals surface area contributed by atoms with Crippen LogP contribution in [0.1, 0.15) is 61.0 Å². The number of nitrogens with zero attached hydrogens (tertiary/aromatic N) is 4. The summed E-state index contributed by atoms with van der Waals surface area (Å²) in [7, 11) is 0. The van der Waals surface area contributed by atoms with Gasteiger partial charge in [-0.2, -0.15) is 8.78 Å². The molecule has 2 aliphatic carbocycles. The molecule has 3 heterocycles. The number of imidazole rings is 1. The number of hydrogen-bond acceptors (Lipinski definition) is 7. The lowest BCUT2D eigenvalue weighted by Gasteiger charge is -2.46. The number of pyridine rings is 1. The van der Waals surface area contributed by atoms with Crippen LogP contribution < -0.4 is 4.74 Å². The Balaban J connectivity index is 1.43. The van der Waals surface area contributed by atoms with E-state index in [1.165, 1.54) is 42.9 Å². The molecule has 1 saturated carbocycles. The lowest BCUT2D eigenvalue weighted by Crippen LogP contribution is -2.53. The summed E-state index contributed by atoms with van der Waals surface area (Å²) in [5.41, 5.74) is -0.521. The number of rotatable bonds is 5. The van der Waals surface area contributed by atoms with Crippen molar-refractivity contribution in [3.63, 3.8) is 0 Å². The average molecular weight is 547 g/mol. The topological polar surface area (TPSA) is 113 Å². The minimum absolute atomic E-state index is 0.0800. The van der Waals surface area contributed by atoms with E-state index in [4.69, 9.17) is 16.3 Å². The monoisotopic (exact) mass is 546 g/mol. The summed E-state index contributed by atoms with van der Waals surface area (Å²) in [5, 5.41) is 31.7. The zero-order valence-corrected chi connectivity index (χ0v) is 20.7. The van der Waals surface area contributed by atoms with Crippen molar-refractivity contribution in [1.82, 2.24) is 19.4 Å². The molecule has 6 rings (SSSR count). The largest absolute Gasteiger partial charge is 0.435 e. The number of alkyl halides is 2. The second kappa shape index (κ2) is 8.63. The van der Waals surface area contributed by atoms with Crippen molar-refractivity contribution in [2.45, 2.75) is 56.0 Å². The van der Waals surface area contributed by atoms with Crippen LogP contribution in [-0.2, 0) is 5.60 Å². The van der Waals surface area contributed by atoms with Gasteiger partial charge in [0.25, 0.3) is 0 Å². The molecule has 0 bridgehead atoms. The molecule has 3 N–H and O–H groups in total. The number of hydrogen-bond donors (Lipinski definition) is 3. The Morgan fingerprint density at radius 2 is 1.87 bits per heavy atom. The highest BCUT2D eigenvalue weighted by Crippen LogP contribution is 2.48. The fourth-order valence-corrected chi connectivity index (χ4v) is 5.87. The van der Waals surface area contributed by atoms with Crippen molar-refractivity contribution in [2.75, 3.05) is 0 Å². The zero-order chi connectivity index (χ0) is 27.0. The fourth-order valence-electron chi connectivity index (χ4n) is 5.69. The maximum atomic E-state index is 15.2. The molecule has 38 heavy (non-hydrogen) atoms. The smallest absolute Gasteiger partial charge is 0.387 e. The van der Waals surface area contributed by atoms with Crippen LogP contribution in [0, 0.1) is 5.82 Å². The summed E-state index contributed by atoms with van der Waals surface area (Å²) in [6, 6.07) is 5.49. The highest BCUT2D eigenvalue weighted by molar-refractivity contribution is 6.30. The van der Waals surface area contributed by atoms with Crippen LogP contribution in [0.25, 0.3) is 16.8 Å². The van der Waals surface area contributed by atoms with E-state index in [1.54, 1.807) is 11.3 Å². The highest BCUT2D eigenvalue weighted by Gasteiger charge is 2.53. The van der Waals surface area contributed by atoms with Crippen molar-refractivity contribution in [3.05, 3.63) is 76.5 Å². The fraction of sp³-hybridized carbons (Fsp3) is 0.346. The van der Waals surface area contributed by atoms with Gasteiger partial charge in [0.1, 0.15) is 22.8 Å². The van der Waals surface area contributed by atoms with Crippen molar-refractivity contribution < 1.29 is 33.2 Å². The summed E-state index contributed by atoms with van der Waals surface area (Å²) in [6.45, 7) is -1.45. The Labute approximate surface area is 219 Å². The molecule has 0 radical (unpaired) electrons. The van der Waals surface area contributed by atoms with Crippen LogP contribution in [0.3, 0.4) is 0 Å². The molecule has 1 aromatic carbocycles. The first kappa shape index (κ1) is 25.1. The predicted molar refractivity (Wildman–Crippen MR) is 129 cm³/mol. The number of aromatic nitrogens is 4. The van der Waals surface area contributed by atoms with Gasteiger partial charge in [-0.05, 0) is 31.5 Å².